The van der Waals surface area contributed by atoms with Crippen molar-refractivity contribution in [1.82, 2.24) is 19.9 Å². The Morgan fingerprint density at radius 3 is 2.35 bits per heavy atom. The largest absolute Gasteiger partial charge is 0.338 e. The second kappa shape index (κ2) is 10.4. The number of unbranched alkanes of at least 4 members (excludes halogenated alkanes) is 5. The quantitative estimate of drug-likeness (QED) is 0.597. The van der Waals surface area contributed by atoms with Gasteiger partial charge in [-0.15, -0.1) is 0 Å². The fourth-order valence-corrected chi connectivity index (χ4v) is 3.50. The molecule has 5 heteroatoms. The summed E-state index contributed by atoms with van der Waals surface area (Å²) >= 11 is 0. The average Bonchev–Trinajstić information content (AvgIpc) is 3.15. The lowest BCUT2D eigenvalue weighted by atomic mass is 10.1. The van der Waals surface area contributed by atoms with Crippen LogP contribution in [0, 0.1) is 0 Å². The third kappa shape index (κ3) is 5.92. The number of rotatable bonds is 10. The highest BCUT2D eigenvalue weighted by molar-refractivity contribution is 5.53. The molecule has 0 atom stereocenters. The van der Waals surface area contributed by atoms with Crippen molar-refractivity contribution >= 4 is 0 Å². The molecule has 0 saturated carbocycles. The molecular weight excluding hydrogens is 324 g/mol. The van der Waals surface area contributed by atoms with Gasteiger partial charge < -0.3 is 9.42 Å². The first kappa shape index (κ1) is 19.1. The van der Waals surface area contributed by atoms with Crippen molar-refractivity contribution in [2.75, 3.05) is 32.7 Å². The summed E-state index contributed by atoms with van der Waals surface area (Å²) in [4.78, 5) is 9.56. The van der Waals surface area contributed by atoms with Crippen molar-refractivity contribution in [3.63, 3.8) is 0 Å². The standard InChI is InChI=1S/C21H32N4O/c1-2-3-4-5-6-10-13-24-14-16-25(17-15-24)18-20-22-21(23-26-20)19-11-8-7-9-12-19/h7-9,11-12H,2-6,10,13-18H2,1H3. The van der Waals surface area contributed by atoms with E-state index in [-0.39, 0.29) is 0 Å². The van der Waals surface area contributed by atoms with Gasteiger partial charge in [0.05, 0.1) is 6.54 Å². The van der Waals surface area contributed by atoms with E-state index in [0.717, 1.165) is 38.3 Å². The van der Waals surface area contributed by atoms with Gasteiger partial charge >= 0.3 is 0 Å². The number of hydrogen-bond donors (Lipinski definition) is 0. The second-order valence-electron chi connectivity index (χ2n) is 7.26. The van der Waals surface area contributed by atoms with Crippen molar-refractivity contribution in [3.8, 4) is 11.4 Å². The van der Waals surface area contributed by atoms with Crippen LogP contribution >= 0.6 is 0 Å². The average molecular weight is 357 g/mol. The highest BCUT2D eigenvalue weighted by atomic mass is 16.5. The van der Waals surface area contributed by atoms with Crippen molar-refractivity contribution in [3.05, 3.63) is 36.2 Å². The van der Waals surface area contributed by atoms with Crippen LogP contribution in [-0.2, 0) is 6.54 Å². The van der Waals surface area contributed by atoms with Gasteiger partial charge in [0.25, 0.3) is 0 Å². The van der Waals surface area contributed by atoms with Crippen LogP contribution in [0.1, 0.15) is 51.3 Å². The van der Waals surface area contributed by atoms with E-state index >= 15 is 0 Å². The van der Waals surface area contributed by atoms with Gasteiger partial charge in [0.15, 0.2) is 0 Å². The Morgan fingerprint density at radius 2 is 1.58 bits per heavy atom. The molecule has 1 aliphatic rings. The summed E-state index contributed by atoms with van der Waals surface area (Å²) in [6.07, 6.45) is 8.24. The van der Waals surface area contributed by atoms with Crippen LogP contribution in [-0.4, -0.2) is 52.7 Å². The summed E-state index contributed by atoms with van der Waals surface area (Å²) in [6, 6.07) is 10.0. The predicted molar refractivity (Wildman–Crippen MR) is 105 cm³/mol. The van der Waals surface area contributed by atoms with Crippen molar-refractivity contribution in [2.45, 2.75) is 52.0 Å². The maximum atomic E-state index is 5.44. The van der Waals surface area contributed by atoms with E-state index in [0.29, 0.717) is 11.7 Å². The normalized spacial score (nSPS) is 16.2. The minimum absolute atomic E-state index is 0.683. The molecule has 1 saturated heterocycles. The molecule has 2 heterocycles. The Morgan fingerprint density at radius 1 is 0.885 bits per heavy atom. The van der Waals surface area contributed by atoms with E-state index in [1.54, 1.807) is 0 Å². The van der Waals surface area contributed by atoms with Crippen LogP contribution in [0.25, 0.3) is 11.4 Å². The molecule has 2 aromatic rings. The molecule has 1 aromatic carbocycles. The lowest BCUT2D eigenvalue weighted by Gasteiger charge is -2.33. The molecule has 3 rings (SSSR count). The Bertz CT molecular complexity index is 620. The molecule has 142 valence electrons. The summed E-state index contributed by atoms with van der Waals surface area (Å²) < 4.78 is 5.44. The molecule has 0 radical (unpaired) electrons. The van der Waals surface area contributed by atoms with Gasteiger partial charge in [0, 0.05) is 31.7 Å². The second-order valence-corrected chi connectivity index (χ2v) is 7.26. The summed E-state index contributed by atoms with van der Waals surface area (Å²) in [5, 5.41) is 4.11. The molecular formula is C21H32N4O. The van der Waals surface area contributed by atoms with Crippen molar-refractivity contribution in [2.24, 2.45) is 0 Å². The first-order valence-electron chi connectivity index (χ1n) is 10.2. The summed E-state index contributed by atoms with van der Waals surface area (Å²) in [6.45, 7) is 8.74. The van der Waals surface area contributed by atoms with E-state index in [1.165, 1.54) is 45.1 Å². The number of piperazine rings is 1. The fourth-order valence-electron chi connectivity index (χ4n) is 3.50. The van der Waals surface area contributed by atoms with Gasteiger partial charge in [0.2, 0.25) is 11.7 Å². The third-order valence-electron chi connectivity index (χ3n) is 5.15. The smallest absolute Gasteiger partial charge is 0.241 e. The van der Waals surface area contributed by atoms with Gasteiger partial charge in [-0.25, -0.2) is 0 Å². The summed E-state index contributed by atoms with van der Waals surface area (Å²) in [5.41, 5.74) is 1.01. The zero-order valence-electron chi connectivity index (χ0n) is 16.1. The Balaban J connectivity index is 1.35. The van der Waals surface area contributed by atoms with Gasteiger partial charge in [0.1, 0.15) is 0 Å². The summed E-state index contributed by atoms with van der Waals surface area (Å²) in [7, 11) is 0. The number of benzene rings is 1. The molecule has 0 aliphatic carbocycles. The molecule has 5 nitrogen and oxygen atoms in total. The topological polar surface area (TPSA) is 45.4 Å². The molecule has 0 unspecified atom stereocenters. The Hall–Kier alpha value is -1.72. The number of nitrogens with zero attached hydrogens (tertiary/aromatic N) is 4. The lowest BCUT2D eigenvalue weighted by Crippen LogP contribution is -2.46. The van der Waals surface area contributed by atoms with Crippen molar-refractivity contribution in [1.29, 1.82) is 0 Å². The first-order chi connectivity index (χ1) is 12.8. The molecule has 1 fully saturated rings. The monoisotopic (exact) mass is 356 g/mol. The minimum Gasteiger partial charge on any atom is -0.338 e. The molecule has 1 aliphatic heterocycles. The minimum atomic E-state index is 0.683. The van der Waals surface area contributed by atoms with E-state index in [9.17, 15) is 0 Å². The molecule has 0 spiro atoms. The molecule has 0 N–H and O–H groups in total. The van der Waals surface area contributed by atoms with Crippen LogP contribution in [0.15, 0.2) is 34.9 Å². The predicted octanol–water partition coefficient (Wildman–Crippen LogP) is 4.21. The lowest BCUT2D eigenvalue weighted by molar-refractivity contribution is 0.115. The van der Waals surface area contributed by atoms with Gasteiger partial charge in [-0.05, 0) is 13.0 Å². The zero-order chi connectivity index (χ0) is 18.0. The number of aromatic nitrogens is 2. The van der Waals surface area contributed by atoms with Crippen LogP contribution in [0.5, 0.6) is 0 Å². The van der Waals surface area contributed by atoms with Crippen molar-refractivity contribution < 1.29 is 4.52 Å². The van der Waals surface area contributed by atoms with Crippen LogP contribution in [0.3, 0.4) is 0 Å². The van der Waals surface area contributed by atoms with Crippen LogP contribution < -0.4 is 0 Å². The fraction of sp³-hybridized carbons (Fsp3) is 0.619. The van der Waals surface area contributed by atoms with Gasteiger partial charge in [-0.3, -0.25) is 4.90 Å². The molecule has 26 heavy (non-hydrogen) atoms. The Labute approximate surface area is 157 Å². The first-order valence-corrected chi connectivity index (χ1v) is 10.2. The highest BCUT2D eigenvalue weighted by Gasteiger charge is 2.19. The SMILES string of the molecule is CCCCCCCCN1CCN(Cc2nc(-c3ccccc3)no2)CC1. The van der Waals surface area contributed by atoms with E-state index in [1.807, 2.05) is 30.3 Å². The van der Waals surface area contributed by atoms with E-state index in [2.05, 4.69) is 26.9 Å². The molecule has 0 amide bonds. The van der Waals surface area contributed by atoms with E-state index in [4.69, 9.17) is 4.52 Å². The van der Waals surface area contributed by atoms with Crippen LogP contribution in [0.2, 0.25) is 0 Å². The number of hydrogen-bond acceptors (Lipinski definition) is 5. The van der Waals surface area contributed by atoms with Gasteiger partial charge in [-0.1, -0.05) is 74.5 Å². The van der Waals surface area contributed by atoms with E-state index < -0.39 is 0 Å². The zero-order valence-corrected chi connectivity index (χ0v) is 16.1. The third-order valence-corrected chi connectivity index (χ3v) is 5.15. The molecule has 0 bridgehead atoms. The Kier molecular flexibility index (Phi) is 7.65. The van der Waals surface area contributed by atoms with Crippen LogP contribution in [0.4, 0.5) is 0 Å². The molecule has 1 aromatic heterocycles. The maximum absolute atomic E-state index is 5.44. The summed E-state index contributed by atoms with van der Waals surface area (Å²) in [5.74, 6) is 1.40. The highest BCUT2D eigenvalue weighted by Crippen LogP contribution is 2.16. The maximum Gasteiger partial charge on any atom is 0.241 e. The van der Waals surface area contributed by atoms with Gasteiger partial charge in [-0.2, -0.15) is 4.98 Å².